The van der Waals surface area contributed by atoms with E-state index in [4.69, 9.17) is 4.74 Å². The highest BCUT2D eigenvalue weighted by molar-refractivity contribution is 8.14. The zero-order chi connectivity index (χ0) is 34.5. The minimum Gasteiger partial charge on any atom is -0.508 e. The second-order valence-corrected chi connectivity index (χ2v) is 14.0. The number of pyridine rings is 1. The van der Waals surface area contributed by atoms with Gasteiger partial charge in [-0.1, -0.05) is 18.2 Å². The molecule has 3 aromatic rings. The smallest absolute Gasteiger partial charge is 0.257 e. The molecule has 1 aliphatic carbocycles. The molecule has 258 valence electrons. The number of nitrogens with one attached hydrogen (secondary N) is 2. The first-order valence-corrected chi connectivity index (χ1v) is 17.6. The summed E-state index contributed by atoms with van der Waals surface area (Å²) in [6.07, 6.45) is 3.78. The standard InChI is InChI=1S/C36H41FN6O5S/c1-22-39-33(21-49-22)35(47)41-28-8-6-27(7-9-28)40-34(46)32-18-26(37)19-38-36(32)48-30-5-3-4-24(17-30)31-11-10-29(45)16-25(31)20-42-12-14-43(15-13-42)23(2)44/h3-5,10-11,16-19,27-28,33,45H,6-9,12-15,20-21H2,1-2H3,(H,40,46)(H,41,47)/t27-,28+,33?. The Morgan fingerprint density at radius 2 is 1.73 bits per heavy atom. The van der Waals surface area contributed by atoms with E-state index in [0.717, 1.165) is 47.1 Å². The SMILES string of the molecule is CC(=O)N1CCN(Cc2cc(O)ccc2-c2cccc(Oc3ncc(F)cc3C(=O)N[C@H]3CC[C@@H](NC(=O)C4CSC(C)=N4)CC3)c2)CC1. The van der Waals surface area contributed by atoms with E-state index in [1.54, 1.807) is 36.9 Å². The molecule has 1 unspecified atom stereocenters. The third-order valence-corrected chi connectivity index (χ3v) is 10.2. The molecule has 11 nitrogen and oxygen atoms in total. The molecule has 2 fully saturated rings. The maximum atomic E-state index is 14.4. The summed E-state index contributed by atoms with van der Waals surface area (Å²) in [5.74, 6) is 0.0970. The fourth-order valence-electron chi connectivity index (χ4n) is 6.53. The number of rotatable bonds is 9. The third kappa shape index (κ3) is 8.76. The highest BCUT2D eigenvalue weighted by Crippen LogP contribution is 2.33. The monoisotopic (exact) mass is 688 g/mol. The fraction of sp³-hybridized carbons (Fsp3) is 0.417. The van der Waals surface area contributed by atoms with Crippen LogP contribution in [0, 0.1) is 5.82 Å². The minimum absolute atomic E-state index is 0.0113. The normalized spacial score (nSPS) is 21.2. The molecule has 2 aliphatic heterocycles. The van der Waals surface area contributed by atoms with Gasteiger partial charge in [-0.2, -0.15) is 0 Å². The fourth-order valence-corrected chi connectivity index (χ4v) is 7.36. The number of aromatic nitrogens is 1. The van der Waals surface area contributed by atoms with Gasteiger partial charge < -0.3 is 25.4 Å². The van der Waals surface area contributed by atoms with E-state index in [1.165, 1.54) is 0 Å². The van der Waals surface area contributed by atoms with Crippen LogP contribution in [0.15, 0.2) is 59.7 Å². The lowest BCUT2D eigenvalue weighted by Gasteiger charge is -2.34. The van der Waals surface area contributed by atoms with E-state index in [9.17, 15) is 23.9 Å². The number of amides is 3. The molecule has 3 aliphatic rings. The summed E-state index contributed by atoms with van der Waals surface area (Å²) >= 11 is 1.59. The number of phenolic OH excluding ortho intramolecular Hbond substituents is 1. The van der Waals surface area contributed by atoms with E-state index in [-0.39, 0.29) is 47.1 Å². The molecule has 0 radical (unpaired) electrons. The van der Waals surface area contributed by atoms with E-state index in [2.05, 4.69) is 25.5 Å². The van der Waals surface area contributed by atoms with Crippen molar-refractivity contribution >= 4 is 34.5 Å². The van der Waals surface area contributed by atoms with Crippen LogP contribution in [0.3, 0.4) is 0 Å². The van der Waals surface area contributed by atoms with Gasteiger partial charge in [0, 0.05) is 57.5 Å². The van der Waals surface area contributed by atoms with E-state index in [1.807, 2.05) is 36.1 Å². The van der Waals surface area contributed by atoms with Crippen LogP contribution in [-0.4, -0.2) is 92.7 Å². The Bertz CT molecular complexity index is 1740. The summed E-state index contributed by atoms with van der Waals surface area (Å²) in [6, 6.07) is 13.2. The molecular formula is C36H41FN6O5S. The van der Waals surface area contributed by atoms with Crippen LogP contribution in [0.25, 0.3) is 11.1 Å². The van der Waals surface area contributed by atoms with Crippen LogP contribution in [-0.2, 0) is 16.1 Å². The molecule has 2 aromatic carbocycles. The number of thioether (sulfide) groups is 1. The Kier molecular flexibility index (Phi) is 10.8. The van der Waals surface area contributed by atoms with Gasteiger partial charge in [0.1, 0.15) is 28.9 Å². The average molecular weight is 689 g/mol. The van der Waals surface area contributed by atoms with Crippen molar-refractivity contribution in [2.45, 2.75) is 64.2 Å². The van der Waals surface area contributed by atoms with Crippen LogP contribution in [0.1, 0.15) is 55.5 Å². The first-order valence-electron chi connectivity index (χ1n) is 16.6. The van der Waals surface area contributed by atoms with Gasteiger partial charge in [-0.05, 0) is 79.6 Å². The molecule has 3 heterocycles. The Labute approximate surface area is 289 Å². The van der Waals surface area contributed by atoms with Crippen molar-refractivity contribution < 1.29 is 28.6 Å². The molecule has 0 bridgehead atoms. The summed E-state index contributed by atoms with van der Waals surface area (Å²) in [5, 5.41) is 17.3. The van der Waals surface area contributed by atoms with Gasteiger partial charge in [0.15, 0.2) is 0 Å². The lowest BCUT2D eigenvalue weighted by Crippen LogP contribution is -2.47. The van der Waals surface area contributed by atoms with Crippen molar-refractivity contribution in [1.29, 1.82) is 0 Å². The van der Waals surface area contributed by atoms with Gasteiger partial charge in [-0.15, -0.1) is 11.8 Å². The van der Waals surface area contributed by atoms with Crippen molar-refractivity contribution in [3.05, 3.63) is 71.7 Å². The molecule has 1 saturated carbocycles. The number of halogens is 1. The Morgan fingerprint density at radius 1 is 1.00 bits per heavy atom. The van der Waals surface area contributed by atoms with E-state index in [0.29, 0.717) is 56.8 Å². The summed E-state index contributed by atoms with van der Waals surface area (Å²) in [5.41, 5.74) is 2.64. The number of benzene rings is 2. The molecule has 1 aromatic heterocycles. The van der Waals surface area contributed by atoms with Crippen molar-refractivity contribution in [3.63, 3.8) is 0 Å². The lowest BCUT2D eigenvalue weighted by atomic mass is 9.90. The van der Waals surface area contributed by atoms with Crippen LogP contribution in [0.4, 0.5) is 4.39 Å². The van der Waals surface area contributed by atoms with E-state index >= 15 is 0 Å². The predicted octanol–water partition coefficient (Wildman–Crippen LogP) is 4.74. The lowest BCUT2D eigenvalue weighted by molar-refractivity contribution is -0.130. The summed E-state index contributed by atoms with van der Waals surface area (Å²) in [7, 11) is 0. The molecule has 49 heavy (non-hydrogen) atoms. The number of nitrogens with zero attached hydrogens (tertiary/aromatic N) is 4. The zero-order valence-corrected chi connectivity index (χ0v) is 28.5. The van der Waals surface area contributed by atoms with Crippen LogP contribution >= 0.6 is 11.8 Å². The molecule has 1 saturated heterocycles. The molecule has 3 amide bonds. The molecule has 3 N–H and O–H groups in total. The molecule has 6 rings (SSSR count). The number of hydrogen-bond acceptors (Lipinski definition) is 9. The minimum atomic E-state index is -0.654. The predicted molar refractivity (Wildman–Crippen MR) is 186 cm³/mol. The van der Waals surface area contributed by atoms with Gasteiger partial charge in [-0.25, -0.2) is 9.37 Å². The maximum absolute atomic E-state index is 14.4. The number of hydrogen-bond donors (Lipinski definition) is 3. The molecule has 13 heteroatoms. The number of ether oxygens (including phenoxy) is 1. The maximum Gasteiger partial charge on any atom is 0.257 e. The highest BCUT2D eigenvalue weighted by atomic mass is 32.2. The quantitative estimate of drug-likeness (QED) is 0.294. The van der Waals surface area contributed by atoms with Gasteiger partial charge in [0.05, 0.1) is 11.2 Å². The van der Waals surface area contributed by atoms with Gasteiger partial charge in [-0.3, -0.25) is 24.3 Å². The summed E-state index contributed by atoms with van der Waals surface area (Å²) < 4.78 is 20.5. The van der Waals surface area contributed by atoms with E-state index < -0.39 is 11.7 Å². The number of carbonyl (C=O) groups excluding carboxylic acids is 3. The first kappa shape index (κ1) is 34.4. The first-order chi connectivity index (χ1) is 23.6. The number of aromatic hydroxyl groups is 1. The van der Waals surface area contributed by atoms with Gasteiger partial charge >= 0.3 is 0 Å². The zero-order valence-electron chi connectivity index (χ0n) is 27.7. The second kappa shape index (κ2) is 15.4. The van der Waals surface area contributed by atoms with Gasteiger partial charge in [0.25, 0.3) is 5.91 Å². The summed E-state index contributed by atoms with van der Waals surface area (Å²) in [6.45, 7) is 6.84. The topological polar surface area (TPSA) is 136 Å². The third-order valence-electron chi connectivity index (χ3n) is 9.22. The molecular weight excluding hydrogens is 647 g/mol. The van der Waals surface area contributed by atoms with Crippen LogP contribution < -0.4 is 15.4 Å². The van der Waals surface area contributed by atoms with Gasteiger partial charge in [0.2, 0.25) is 17.7 Å². The second-order valence-electron chi connectivity index (χ2n) is 12.8. The Hall–Kier alpha value is -4.49. The van der Waals surface area contributed by atoms with Crippen molar-refractivity contribution in [2.24, 2.45) is 4.99 Å². The number of phenols is 1. The van der Waals surface area contributed by atoms with Crippen LogP contribution in [0.5, 0.6) is 17.4 Å². The number of aliphatic imine (C=N–C) groups is 1. The van der Waals surface area contributed by atoms with Crippen molar-refractivity contribution in [3.8, 4) is 28.5 Å². The summed E-state index contributed by atoms with van der Waals surface area (Å²) in [4.78, 5) is 50.3. The Morgan fingerprint density at radius 3 is 2.43 bits per heavy atom. The van der Waals surface area contributed by atoms with Crippen molar-refractivity contribution in [2.75, 3.05) is 31.9 Å². The number of carbonyl (C=O) groups is 3. The van der Waals surface area contributed by atoms with Crippen LogP contribution in [0.2, 0.25) is 0 Å². The highest BCUT2D eigenvalue weighted by Gasteiger charge is 2.29. The number of piperazine rings is 1. The average Bonchev–Trinajstić information content (AvgIpc) is 3.53. The molecule has 1 atom stereocenters. The molecule has 0 spiro atoms. The Balaban J connectivity index is 1.10. The van der Waals surface area contributed by atoms with Crippen molar-refractivity contribution in [1.82, 2.24) is 25.4 Å². The largest absolute Gasteiger partial charge is 0.508 e.